The second-order valence-electron chi connectivity index (χ2n) is 4.79. The zero-order chi connectivity index (χ0) is 14.0. The van der Waals surface area contributed by atoms with E-state index in [1.807, 2.05) is 6.92 Å². The second kappa shape index (κ2) is 5.19. The first-order valence-corrected chi connectivity index (χ1v) is 6.35. The number of alkyl halides is 3. The van der Waals surface area contributed by atoms with Crippen LogP contribution in [0.25, 0.3) is 0 Å². The Bertz CT molecular complexity index is 521. The molecule has 2 rings (SSSR count). The van der Waals surface area contributed by atoms with Crippen molar-refractivity contribution in [2.24, 2.45) is 4.99 Å². The van der Waals surface area contributed by atoms with Gasteiger partial charge >= 0.3 is 6.18 Å². The summed E-state index contributed by atoms with van der Waals surface area (Å²) in [4.78, 5) is 4.54. The van der Waals surface area contributed by atoms with E-state index in [1.54, 1.807) is 0 Å². The molecule has 0 aromatic heterocycles. The SMILES string of the molecule is CCCC1=C(C)CC(c2ccc(C(F)(F)F)cc2)=N1. The van der Waals surface area contributed by atoms with Crippen LogP contribution in [0.4, 0.5) is 13.2 Å². The van der Waals surface area contributed by atoms with Crippen molar-refractivity contribution in [1.29, 1.82) is 0 Å². The molecule has 0 atom stereocenters. The number of hydrogen-bond donors (Lipinski definition) is 0. The zero-order valence-electron chi connectivity index (χ0n) is 11.0. The summed E-state index contributed by atoms with van der Waals surface area (Å²) in [5.74, 6) is 0. The smallest absolute Gasteiger partial charge is 0.257 e. The molecule has 0 amide bonds. The molecule has 1 nitrogen and oxygen atoms in total. The van der Waals surface area contributed by atoms with Gasteiger partial charge in [0.15, 0.2) is 0 Å². The first-order valence-electron chi connectivity index (χ1n) is 6.35. The number of benzene rings is 1. The van der Waals surface area contributed by atoms with E-state index in [4.69, 9.17) is 0 Å². The maximum Gasteiger partial charge on any atom is 0.416 e. The molecule has 0 radical (unpaired) electrons. The number of nitrogens with zero attached hydrogens (tertiary/aromatic N) is 1. The lowest BCUT2D eigenvalue weighted by atomic mass is 10.0. The predicted octanol–water partition coefficient (Wildman–Crippen LogP) is 4.97. The van der Waals surface area contributed by atoms with Crippen molar-refractivity contribution in [1.82, 2.24) is 0 Å². The number of hydrogen-bond acceptors (Lipinski definition) is 1. The molecule has 1 aromatic rings. The van der Waals surface area contributed by atoms with Crippen LogP contribution in [-0.2, 0) is 6.18 Å². The minimum Gasteiger partial charge on any atom is -0.257 e. The van der Waals surface area contributed by atoms with Gasteiger partial charge in [0, 0.05) is 12.1 Å². The van der Waals surface area contributed by atoms with Crippen molar-refractivity contribution in [3.8, 4) is 0 Å². The Balaban J connectivity index is 2.19. The Morgan fingerprint density at radius 3 is 2.32 bits per heavy atom. The predicted molar refractivity (Wildman–Crippen MR) is 70.2 cm³/mol. The molecule has 0 saturated heterocycles. The van der Waals surface area contributed by atoms with Gasteiger partial charge in [-0.25, -0.2) is 0 Å². The fraction of sp³-hybridized carbons (Fsp3) is 0.400. The molecule has 0 N–H and O–H groups in total. The van der Waals surface area contributed by atoms with Gasteiger partial charge in [0.2, 0.25) is 0 Å². The fourth-order valence-electron chi connectivity index (χ4n) is 2.18. The molecule has 1 aromatic carbocycles. The van der Waals surface area contributed by atoms with Gasteiger partial charge < -0.3 is 0 Å². The number of halogens is 3. The minimum absolute atomic E-state index is 0.617. The Labute approximate surface area is 110 Å². The monoisotopic (exact) mass is 267 g/mol. The Morgan fingerprint density at radius 1 is 1.16 bits per heavy atom. The summed E-state index contributed by atoms with van der Waals surface area (Å²) in [7, 11) is 0. The van der Waals surface area contributed by atoms with Gasteiger partial charge in [-0.1, -0.05) is 25.5 Å². The molecule has 1 aliphatic rings. The summed E-state index contributed by atoms with van der Waals surface area (Å²) < 4.78 is 37.4. The van der Waals surface area contributed by atoms with Gasteiger partial charge in [0.25, 0.3) is 0 Å². The van der Waals surface area contributed by atoms with Gasteiger partial charge in [-0.3, -0.25) is 4.99 Å². The van der Waals surface area contributed by atoms with Crippen LogP contribution in [0.5, 0.6) is 0 Å². The topological polar surface area (TPSA) is 12.4 Å². The number of aliphatic imine (C=N–C) groups is 1. The van der Waals surface area contributed by atoms with Crippen LogP contribution in [0, 0.1) is 0 Å². The van der Waals surface area contributed by atoms with Crippen LogP contribution in [-0.4, -0.2) is 5.71 Å². The van der Waals surface area contributed by atoms with Crippen molar-refractivity contribution in [3.05, 3.63) is 46.7 Å². The Kier molecular flexibility index (Phi) is 3.78. The van der Waals surface area contributed by atoms with Crippen LogP contribution in [0.1, 0.15) is 44.2 Å². The number of allylic oxidation sites excluding steroid dienone is 2. The summed E-state index contributed by atoms with van der Waals surface area (Å²) >= 11 is 0. The average molecular weight is 267 g/mol. The van der Waals surface area contributed by atoms with E-state index in [0.29, 0.717) is 0 Å². The molecule has 0 fully saturated rings. The lowest BCUT2D eigenvalue weighted by molar-refractivity contribution is -0.137. The normalized spacial score (nSPS) is 15.9. The highest BCUT2D eigenvalue weighted by molar-refractivity contribution is 6.04. The molecule has 1 aliphatic heterocycles. The maximum absolute atomic E-state index is 12.5. The van der Waals surface area contributed by atoms with E-state index < -0.39 is 11.7 Å². The van der Waals surface area contributed by atoms with Crippen molar-refractivity contribution >= 4 is 5.71 Å². The van der Waals surface area contributed by atoms with Crippen molar-refractivity contribution in [2.45, 2.75) is 39.3 Å². The molecule has 1 heterocycles. The van der Waals surface area contributed by atoms with E-state index >= 15 is 0 Å². The maximum atomic E-state index is 12.5. The Morgan fingerprint density at radius 2 is 1.79 bits per heavy atom. The summed E-state index contributed by atoms with van der Waals surface area (Å²) in [6.45, 7) is 4.12. The van der Waals surface area contributed by atoms with E-state index in [2.05, 4.69) is 11.9 Å². The van der Waals surface area contributed by atoms with Crippen molar-refractivity contribution < 1.29 is 13.2 Å². The van der Waals surface area contributed by atoms with E-state index in [1.165, 1.54) is 17.7 Å². The molecule has 19 heavy (non-hydrogen) atoms. The number of rotatable bonds is 3. The molecular formula is C15H16F3N. The molecular weight excluding hydrogens is 251 g/mol. The molecule has 0 unspecified atom stereocenters. The van der Waals surface area contributed by atoms with Crippen LogP contribution < -0.4 is 0 Å². The third-order valence-electron chi connectivity index (χ3n) is 3.23. The first-order chi connectivity index (χ1) is 8.91. The van der Waals surface area contributed by atoms with Crippen molar-refractivity contribution in [3.63, 3.8) is 0 Å². The standard InChI is InChI=1S/C15H16F3N/c1-3-4-13-10(2)9-14(19-13)11-5-7-12(8-6-11)15(16,17)18/h5-8H,3-4,9H2,1-2H3. The molecule has 0 saturated carbocycles. The summed E-state index contributed by atoms with van der Waals surface area (Å²) in [6, 6.07) is 5.24. The fourth-order valence-corrected chi connectivity index (χ4v) is 2.18. The quantitative estimate of drug-likeness (QED) is 0.733. The van der Waals surface area contributed by atoms with Crippen LogP contribution in [0.2, 0.25) is 0 Å². The molecule has 0 aliphatic carbocycles. The van der Waals surface area contributed by atoms with Crippen LogP contribution in [0.3, 0.4) is 0 Å². The molecule has 4 heteroatoms. The molecule has 0 bridgehead atoms. The first kappa shape index (κ1) is 13.8. The van der Waals surface area contributed by atoms with E-state index in [9.17, 15) is 13.2 Å². The summed E-state index contributed by atoms with van der Waals surface area (Å²) in [6.07, 6.45) is -1.59. The second-order valence-corrected chi connectivity index (χ2v) is 4.79. The van der Waals surface area contributed by atoms with Gasteiger partial charge in [-0.05, 0) is 36.6 Å². The van der Waals surface area contributed by atoms with Crippen LogP contribution in [0.15, 0.2) is 40.5 Å². The minimum atomic E-state index is -4.28. The molecule has 102 valence electrons. The average Bonchev–Trinajstić information content (AvgIpc) is 2.71. The summed E-state index contributed by atoms with van der Waals surface area (Å²) in [5.41, 5.74) is 3.33. The molecule has 0 spiro atoms. The lowest BCUT2D eigenvalue weighted by Gasteiger charge is -2.07. The highest BCUT2D eigenvalue weighted by Crippen LogP contribution is 2.31. The van der Waals surface area contributed by atoms with Gasteiger partial charge in [-0.2, -0.15) is 13.2 Å². The highest BCUT2D eigenvalue weighted by Gasteiger charge is 2.30. The third-order valence-corrected chi connectivity index (χ3v) is 3.23. The van der Waals surface area contributed by atoms with Crippen LogP contribution >= 0.6 is 0 Å². The van der Waals surface area contributed by atoms with E-state index in [0.717, 1.165) is 48.4 Å². The zero-order valence-corrected chi connectivity index (χ0v) is 11.0. The third kappa shape index (κ3) is 3.06. The Hall–Kier alpha value is -1.58. The summed E-state index contributed by atoms with van der Waals surface area (Å²) in [5, 5.41) is 0. The van der Waals surface area contributed by atoms with Crippen molar-refractivity contribution in [2.75, 3.05) is 0 Å². The van der Waals surface area contributed by atoms with Gasteiger partial charge in [0.05, 0.1) is 11.3 Å². The highest BCUT2D eigenvalue weighted by atomic mass is 19.4. The van der Waals surface area contributed by atoms with E-state index in [-0.39, 0.29) is 0 Å². The largest absolute Gasteiger partial charge is 0.416 e. The lowest BCUT2D eigenvalue weighted by Crippen LogP contribution is -2.05. The van der Waals surface area contributed by atoms with Gasteiger partial charge in [0.1, 0.15) is 0 Å². The van der Waals surface area contributed by atoms with Gasteiger partial charge in [-0.15, -0.1) is 0 Å².